The zero-order valence-corrected chi connectivity index (χ0v) is 10.0. The molecule has 1 aliphatic rings. The van der Waals surface area contributed by atoms with E-state index < -0.39 is 11.6 Å². The SMILES string of the molecule is C[C@@H](O)[C@]1(N=[N+]=[N-])CSc2ccccc2C1=O. The molecule has 0 radical (unpaired) electrons. The van der Waals surface area contributed by atoms with Gasteiger partial charge in [0.05, 0.1) is 6.10 Å². The summed E-state index contributed by atoms with van der Waals surface area (Å²) in [6.45, 7) is 1.47. The van der Waals surface area contributed by atoms with E-state index in [4.69, 9.17) is 5.53 Å². The molecule has 88 valence electrons. The van der Waals surface area contributed by atoms with Crippen LogP contribution in [0.15, 0.2) is 34.3 Å². The van der Waals surface area contributed by atoms with Crippen LogP contribution in [0.5, 0.6) is 0 Å². The largest absolute Gasteiger partial charge is 0.392 e. The van der Waals surface area contributed by atoms with Crippen LogP contribution < -0.4 is 0 Å². The number of benzene rings is 1. The Kier molecular flexibility index (Phi) is 3.11. The van der Waals surface area contributed by atoms with E-state index in [0.717, 1.165) is 4.90 Å². The zero-order chi connectivity index (χ0) is 12.5. The highest BCUT2D eigenvalue weighted by Gasteiger charge is 2.46. The van der Waals surface area contributed by atoms with Crippen molar-refractivity contribution in [2.75, 3.05) is 5.75 Å². The number of nitrogens with zero attached hydrogens (tertiary/aromatic N) is 3. The normalized spacial score (nSPS) is 24.7. The minimum Gasteiger partial charge on any atom is -0.392 e. The number of rotatable bonds is 2. The predicted octanol–water partition coefficient (Wildman–Crippen LogP) is 2.40. The molecular weight excluding hydrogens is 238 g/mol. The first-order chi connectivity index (χ1) is 8.12. The fraction of sp³-hybridized carbons (Fsp3) is 0.364. The standard InChI is InChI=1S/C11H11N3O2S/c1-7(15)11(13-14-12)6-17-9-5-3-2-4-8(9)10(11)16/h2-5,7,15H,6H2,1H3/t7-,11-/m1/s1. The fourth-order valence-corrected chi connectivity index (χ4v) is 3.11. The van der Waals surface area contributed by atoms with E-state index >= 15 is 0 Å². The van der Waals surface area contributed by atoms with Crippen LogP contribution in [0.25, 0.3) is 10.4 Å². The van der Waals surface area contributed by atoms with Crippen molar-refractivity contribution in [3.8, 4) is 0 Å². The highest BCUT2D eigenvalue weighted by atomic mass is 32.2. The predicted molar refractivity (Wildman–Crippen MR) is 65.1 cm³/mol. The third-order valence-electron chi connectivity index (χ3n) is 2.89. The molecule has 0 aromatic heterocycles. The molecule has 1 heterocycles. The number of hydrogen-bond acceptors (Lipinski definition) is 4. The van der Waals surface area contributed by atoms with Crippen LogP contribution in [0.4, 0.5) is 0 Å². The number of carbonyl (C=O) groups excluding carboxylic acids is 1. The Hall–Kier alpha value is -1.49. The van der Waals surface area contributed by atoms with Crippen molar-refractivity contribution in [3.63, 3.8) is 0 Å². The molecule has 1 N–H and O–H groups in total. The summed E-state index contributed by atoms with van der Waals surface area (Å²) >= 11 is 1.42. The molecule has 1 aromatic rings. The van der Waals surface area contributed by atoms with E-state index in [9.17, 15) is 9.90 Å². The number of Topliss-reactive ketones (excluding diaryl/α,β-unsaturated/α-hetero) is 1. The van der Waals surface area contributed by atoms with Crippen LogP contribution in [0, 0.1) is 0 Å². The van der Waals surface area contributed by atoms with Gasteiger partial charge in [-0.05, 0) is 18.5 Å². The maximum absolute atomic E-state index is 12.3. The van der Waals surface area contributed by atoms with Crippen LogP contribution in [0.2, 0.25) is 0 Å². The maximum atomic E-state index is 12.3. The lowest BCUT2D eigenvalue weighted by atomic mass is 9.86. The van der Waals surface area contributed by atoms with Gasteiger partial charge in [0.1, 0.15) is 5.54 Å². The summed E-state index contributed by atoms with van der Waals surface area (Å²) in [5, 5.41) is 13.3. The second-order valence-electron chi connectivity index (χ2n) is 3.90. The van der Waals surface area contributed by atoms with Gasteiger partial charge in [-0.15, -0.1) is 11.8 Å². The highest BCUT2D eigenvalue weighted by Crippen LogP contribution is 2.38. The van der Waals surface area contributed by atoms with Gasteiger partial charge < -0.3 is 5.11 Å². The van der Waals surface area contributed by atoms with Crippen LogP contribution >= 0.6 is 11.8 Å². The molecule has 1 aliphatic heterocycles. The Bertz CT molecular complexity index is 511. The second kappa shape index (κ2) is 4.41. The van der Waals surface area contributed by atoms with E-state index in [2.05, 4.69) is 10.0 Å². The molecule has 0 unspecified atom stereocenters. The number of thioether (sulfide) groups is 1. The van der Waals surface area contributed by atoms with Crippen LogP contribution in [-0.4, -0.2) is 28.3 Å². The summed E-state index contributed by atoms with van der Waals surface area (Å²) in [6, 6.07) is 7.14. The molecule has 2 rings (SSSR count). The van der Waals surface area contributed by atoms with Crippen molar-refractivity contribution in [1.29, 1.82) is 0 Å². The number of hydrogen-bond donors (Lipinski definition) is 1. The van der Waals surface area contributed by atoms with Crippen molar-refractivity contribution in [1.82, 2.24) is 0 Å². The Morgan fingerprint density at radius 2 is 2.29 bits per heavy atom. The zero-order valence-electron chi connectivity index (χ0n) is 9.20. The molecule has 0 bridgehead atoms. The van der Waals surface area contributed by atoms with Crippen molar-refractivity contribution in [3.05, 3.63) is 40.3 Å². The van der Waals surface area contributed by atoms with E-state index in [1.165, 1.54) is 18.7 Å². The molecule has 17 heavy (non-hydrogen) atoms. The van der Waals surface area contributed by atoms with Crippen LogP contribution in [0.3, 0.4) is 0 Å². The number of aliphatic hydroxyl groups is 1. The average molecular weight is 249 g/mol. The molecule has 0 spiro atoms. The Balaban J connectivity index is 2.55. The van der Waals surface area contributed by atoms with Crippen molar-refractivity contribution in [2.45, 2.75) is 23.5 Å². The molecule has 0 fully saturated rings. The lowest BCUT2D eigenvalue weighted by molar-refractivity contribution is 0.0678. The number of fused-ring (bicyclic) bond motifs is 1. The molecule has 0 saturated heterocycles. The van der Waals surface area contributed by atoms with E-state index in [1.807, 2.05) is 12.1 Å². The van der Waals surface area contributed by atoms with Crippen molar-refractivity contribution < 1.29 is 9.90 Å². The van der Waals surface area contributed by atoms with E-state index in [1.54, 1.807) is 12.1 Å². The van der Waals surface area contributed by atoms with Crippen LogP contribution in [0.1, 0.15) is 17.3 Å². The van der Waals surface area contributed by atoms with Gasteiger partial charge in [-0.25, -0.2) is 0 Å². The summed E-state index contributed by atoms with van der Waals surface area (Å²) in [4.78, 5) is 15.9. The maximum Gasteiger partial charge on any atom is 0.179 e. The third-order valence-corrected chi connectivity index (χ3v) is 4.14. The summed E-state index contributed by atoms with van der Waals surface area (Å²) < 4.78 is 0. The smallest absolute Gasteiger partial charge is 0.179 e. The Morgan fingerprint density at radius 3 is 2.94 bits per heavy atom. The number of ketones is 1. The Labute approximate surface area is 102 Å². The third kappa shape index (κ3) is 1.80. The molecule has 2 atom stereocenters. The molecule has 0 aliphatic carbocycles. The molecule has 0 amide bonds. The first kappa shape index (κ1) is 12.0. The summed E-state index contributed by atoms with van der Waals surface area (Å²) in [5.74, 6) is -0.0375. The summed E-state index contributed by atoms with van der Waals surface area (Å²) in [7, 11) is 0. The first-order valence-electron chi connectivity index (χ1n) is 5.13. The molecule has 0 saturated carbocycles. The number of azide groups is 1. The lowest BCUT2D eigenvalue weighted by Gasteiger charge is -2.34. The summed E-state index contributed by atoms with van der Waals surface area (Å²) in [5.41, 5.74) is 7.71. The van der Waals surface area contributed by atoms with Gasteiger partial charge in [-0.3, -0.25) is 4.79 Å². The fourth-order valence-electron chi connectivity index (χ4n) is 1.81. The van der Waals surface area contributed by atoms with Gasteiger partial charge >= 0.3 is 0 Å². The van der Waals surface area contributed by atoms with Gasteiger partial charge in [-0.2, -0.15) is 0 Å². The van der Waals surface area contributed by atoms with Gasteiger partial charge in [-0.1, -0.05) is 23.3 Å². The van der Waals surface area contributed by atoms with Gasteiger partial charge in [0, 0.05) is 21.1 Å². The highest BCUT2D eigenvalue weighted by molar-refractivity contribution is 7.99. The molecule has 1 aromatic carbocycles. The Morgan fingerprint density at radius 1 is 1.59 bits per heavy atom. The van der Waals surface area contributed by atoms with Gasteiger partial charge in [0.15, 0.2) is 5.78 Å². The van der Waals surface area contributed by atoms with Gasteiger partial charge in [0.25, 0.3) is 0 Å². The molecule has 6 heteroatoms. The van der Waals surface area contributed by atoms with Crippen molar-refractivity contribution in [2.24, 2.45) is 5.11 Å². The molecular formula is C11H11N3O2S. The topological polar surface area (TPSA) is 86.1 Å². The van der Waals surface area contributed by atoms with Crippen LogP contribution in [-0.2, 0) is 0 Å². The number of carbonyl (C=O) groups is 1. The quantitative estimate of drug-likeness (QED) is 0.496. The minimum absolute atomic E-state index is 0.268. The van der Waals surface area contributed by atoms with Gasteiger partial charge in [0.2, 0.25) is 0 Å². The average Bonchev–Trinajstić information content (AvgIpc) is 2.33. The van der Waals surface area contributed by atoms with E-state index in [0.29, 0.717) is 5.56 Å². The molecule has 5 nitrogen and oxygen atoms in total. The number of aliphatic hydroxyl groups excluding tert-OH is 1. The monoisotopic (exact) mass is 249 g/mol. The van der Waals surface area contributed by atoms with Crippen molar-refractivity contribution >= 4 is 17.5 Å². The lowest BCUT2D eigenvalue weighted by Crippen LogP contribution is -2.50. The summed E-state index contributed by atoms with van der Waals surface area (Å²) in [6.07, 6.45) is -1.01. The second-order valence-corrected chi connectivity index (χ2v) is 4.92. The minimum atomic E-state index is -1.38. The van der Waals surface area contributed by atoms with E-state index in [-0.39, 0.29) is 11.5 Å². The first-order valence-corrected chi connectivity index (χ1v) is 6.11.